The van der Waals surface area contributed by atoms with E-state index in [0.29, 0.717) is 6.42 Å². The molecule has 3 aliphatic carbocycles. The van der Waals surface area contributed by atoms with Crippen molar-refractivity contribution in [3.05, 3.63) is 46.7 Å². The zero-order valence-electron chi connectivity index (χ0n) is 15.5. The number of hydrogen-bond acceptors (Lipinski definition) is 4. The molecule has 136 valence electrons. The SMILES string of the molecule is CC(=O)O[C@H]1c2ccccc2[C@H]2C3C4=C(CC(C)(C)CC4=O)O[C@H]2C[C@@H]31. The number of fused-ring (bicyclic) bond motifs is 1. The van der Waals surface area contributed by atoms with Gasteiger partial charge in [0.05, 0.1) is 0 Å². The van der Waals surface area contributed by atoms with Gasteiger partial charge < -0.3 is 9.47 Å². The molecule has 1 saturated carbocycles. The maximum atomic E-state index is 13.1. The molecule has 1 aromatic rings. The number of benzene rings is 1. The molecule has 0 N–H and O–H groups in total. The smallest absolute Gasteiger partial charge is 0.303 e. The number of ketones is 1. The first-order chi connectivity index (χ1) is 12.4. The summed E-state index contributed by atoms with van der Waals surface area (Å²) in [7, 11) is 0. The predicted octanol–water partition coefficient (Wildman–Crippen LogP) is 4.07. The van der Waals surface area contributed by atoms with Crippen molar-refractivity contribution in [1.82, 2.24) is 0 Å². The molecule has 1 aromatic carbocycles. The third-order valence-electron chi connectivity index (χ3n) is 6.60. The predicted molar refractivity (Wildman–Crippen MR) is 95.2 cm³/mol. The van der Waals surface area contributed by atoms with Crippen LogP contribution < -0.4 is 0 Å². The third-order valence-corrected chi connectivity index (χ3v) is 6.60. The first-order valence-corrected chi connectivity index (χ1v) is 9.55. The summed E-state index contributed by atoms with van der Waals surface area (Å²) in [4.78, 5) is 24.8. The number of Topliss-reactive ketones (excluding diaryl/α,β-unsaturated/α-hetero) is 1. The Bertz CT molecular complexity index is 849. The lowest BCUT2D eigenvalue weighted by molar-refractivity contribution is -0.150. The second-order valence-corrected chi connectivity index (χ2v) is 9.04. The number of rotatable bonds is 1. The second-order valence-electron chi connectivity index (χ2n) is 9.04. The quantitative estimate of drug-likeness (QED) is 0.715. The summed E-state index contributed by atoms with van der Waals surface area (Å²) >= 11 is 0. The molecule has 1 fully saturated rings. The average molecular weight is 352 g/mol. The fourth-order valence-corrected chi connectivity index (χ4v) is 5.85. The number of esters is 1. The standard InChI is InChI=1S/C22H24O4/c1-11(23)25-21-13-7-5-4-6-12(13)18-16-8-14(21)19(18)20-15(24)9-22(2,3)10-17(20)26-16/h4-7,14,16,18-19,21H,8-10H2,1-3H3/t14-,16-,18+,19?,21-/m0/s1. The van der Waals surface area contributed by atoms with Crippen LogP contribution in [0.15, 0.2) is 35.6 Å². The lowest BCUT2D eigenvalue weighted by Gasteiger charge is -2.44. The van der Waals surface area contributed by atoms with E-state index in [4.69, 9.17) is 9.47 Å². The highest BCUT2D eigenvalue weighted by Gasteiger charge is 2.60. The van der Waals surface area contributed by atoms with Crippen LogP contribution >= 0.6 is 0 Å². The molecule has 4 nitrogen and oxygen atoms in total. The summed E-state index contributed by atoms with van der Waals surface area (Å²) in [5, 5.41) is 0. The van der Waals surface area contributed by atoms with Crippen LogP contribution in [0.2, 0.25) is 0 Å². The van der Waals surface area contributed by atoms with Gasteiger partial charge in [0, 0.05) is 43.1 Å². The maximum Gasteiger partial charge on any atom is 0.303 e. The van der Waals surface area contributed by atoms with Gasteiger partial charge >= 0.3 is 5.97 Å². The molecule has 4 heteroatoms. The van der Waals surface area contributed by atoms with Gasteiger partial charge in [0.1, 0.15) is 18.0 Å². The van der Waals surface area contributed by atoms with E-state index in [1.807, 2.05) is 12.1 Å². The van der Waals surface area contributed by atoms with Crippen molar-refractivity contribution in [2.24, 2.45) is 17.3 Å². The van der Waals surface area contributed by atoms with Gasteiger partial charge in [-0.2, -0.15) is 0 Å². The van der Waals surface area contributed by atoms with Crippen LogP contribution in [0.5, 0.6) is 0 Å². The minimum atomic E-state index is -0.284. The summed E-state index contributed by atoms with van der Waals surface area (Å²) in [5.74, 6) is 1.30. The van der Waals surface area contributed by atoms with Crippen molar-refractivity contribution in [1.29, 1.82) is 0 Å². The summed E-state index contributed by atoms with van der Waals surface area (Å²) in [6, 6.07) is 8.20. The van der Waals surface area contributed by atoms with Crippen molar-refractivity contribution >= 4 is 11.8 Å². The van der Waals surface area contributed by atoms with Crippen LogP contribution in [0, 0.1) is 17.3 Å². The van der Waals surface area contributed by atoms with Gasteiger partial charge in [0.25, 0.3) is 0 Å². The highest BCUT2D eigenvalue weighted by molar-refractivity contribution is 5.98. The van der Waals surface area contributed by atoms with E-state index in [-0.39, 0.29) is 47.1 Å². The van der Waals surface area contributed by atoms with Gasteiger partial charge in [0.2, 0.25) is 0 Å². The highest BCUT2D eigenvalue weighted by Crippen LogP contribution is 2.63. The lowest BCUT2D eigenvalue weighted by Crippen LogP contribution is -2.40. The number of ether oxygens (including phenoxy) is 2. The lowest BCUT2D eigenvalue weighted by atomic mass is 9.64. The van der Waals surface area contributed by atoms with Crippen molar-refractivity contribution in [3.8, 4) is 0 Å². The molecule has 4 bridgehead atoms. The molecule has 4 aliphatic rings. The fourth-order valence-electron chi connectivity index (χ4n) is 5.85. The van der Waals surface area contributed by atoms with Crippen molar-refractivity contribution in [2.45, 2.75) is 58.2 Å². The summed E-state index contributed by atoms with van der Waals surface area (Å²) in [6.07, 6.45) is 2.01. The Morgan fingerprint density at radius 2 is 1.88 bits per heavy atom. The Morgan fingerprint density at radius 1 is 1.15 bits per heavy atom. The van der Waals surface area contributed by atoms with Crippen LogP contribution in [0.25, 0.3) is 0 Å². The minimum absolute atomic E-state index is 0.0466. The van der Waals surface area contributed by atoms with E-state index in [1.54, 1.807) is 0 Å². The van der Waals surface area contributed by atoms with Gasteiger partial charge in [-0.15, -0.1) is 0 Å². The first kappa shape index (κ1) is 16.1. The Labute approximate surface area is 153 Å². The molecule has 0 amide bonds. The molecule has 1 aliphatic heterocycles. The van der Waals surface area contributed by atoms with E-state index < -0.39 is 0 Å². The Balaban J connectivity index is 1.66. The Kier molecular flexibility index (Phi) is 3.23. The molecule has 0 spiro atoms. The molecule has 1 unspecified atom stereocenters. The van der Waals surface area contributed by atoms with Crippen LogP contribution in [0.3, 0.4) is 0 Å². The summed E-state index contributed by atoms with van der Waals surface area (Å²) in [5.41, 5.74) is 3.12. The van der Waals surface area contributed by atoms with Crippen molar-refractivity contribution in [3.63, 3.8) is 0 Å². The molecule has 0 aromatic heterocycles. The normalized spacial score (nSPS) is 36.1. The van der Waals surface area contributed by atoms with E-state index in [1.165, 1.54) is 12.5 Å². The summed E-state index contributed by atoms with van der Waals surface area (Å²) in [6.45, 7) is 5.73. The van der Waals surface area contributed by atoms with E-state index >= 15 is 0 Å². The molecule has 26 heavy (non-hydrogen) atoms. The number of allylic oxidation sites excluding steroid dienone is 2. The van der Waals surface area contributed by atoms with Crippen LogP contribution in [-0.2, 0) is 19.1 Å². The number of carbonyl (C=O) groups excluding carboxylic acids is 2. The number of hydrogen-bond donors (Lipinski definition) is 0. The van der Waals surface area contributed by atoms with E-state index in [9.17, 15) is 9.59 Å². The van der Waals surface area contributed by atoms with E-state index in [2.05, 4.69) is 26.0 Å². The second kappa shape index (κ2) is 5.21. The molecule has 1 heterocycles. The van der Waals surface area contributed by atoms with Crippen LogP contribution in [0.1, 0.15) is 63.2 Å². The topological polar surface area (TPSA) is 52.6 Å². The first-order valence-electron chi connectivity index (χ1n) is 9.55. The summed E-state index contributed by atoms with van der Waals surface area (Å²) < 4.78 is 12.2. The third kappa shape index (κ3) is 2.14. The Morgan fingerprint density at radius 3 is 2.62 bits per heavy atom. The zero-order valence-corrected chi connectivity index (χ0v) is 15.5. The average Bonchev–Trinajstić information content (AvgIpc) is 2.73. The van der Waals surface area contributed by atoms with Crippen LogP contribution in [0.4, 0.5) is 0 Å². The molecule has 0 saturated heterocycles. The maximum absolute atomic E-state index is 13.1. The van der Waals surface area contributed by atoms with Gasteiger partial charge in [-0.25, -0.2) is 0 Å². The molecular formula is C22H24O4. The molecule has 5 atom stereocenters. The van der Waals surface area contributed by atoms with Crippen molar-refractivity contribution in [2.75, 3.05) is 0 Å². The molecule has 5 rings (SSSR count). The molecule has 0 radical (unpaired) electrons. The monoisotopic (exact) mass is 352 g/mol. The zero-order chi connectivity index (χ0) is 18.2. The van der Waals surface area contributed by atoms with Gasteiger partial charge in [-0.1, -0.05) is 38.1 Å². The van der Waals surface area contributed by atoms with Gasteiger partial charge in [-0.3, -0.25) is 9.59 Å². The highest BCUT2D eigenvalue weighted by atomic mass is 16.5. The van der Waals surface area contributed by atoms with Crippen LogP contribution in [-0.4, -0.2) is 17.9 Å². The number of carbonyl (C=O) groups is 2. The van der Waals surface area contributed by atoms with Gasteiger partial charge in [-0.05, 0) is 23.0 Å². The van der Waals surface area contributed by atoms with Crippen molar-refractivity contribution < 1.29 is 19.1 Å². The molecular weight excluding hydrogens is 328 g/mol. The Hall–Kier alpha value is -2.10. The van der Waals surface area contributed by atoms with E-state index in [0.717, 1.165) is 29.7 Å². The largest absolute Gasteiger partial charge is 0.494 e. The minimum Gasteiger partial charge on any atom is -0.494 e. The van der Waals surface area contributed by atoms with Gasteiger partial charge in [0.15, 0.2) is 5.78 Å². The fraction of sp³-hybridized carbons (Fsp3) is 0.545.